The van der Waals surface area contributed by atoms with Gasteiger partial charge in [-0.1, -0.05) is 0 Å². The Morgan fingerprint density at radius 1 is 1.29 bits per heavy atom. The van der Waals surface area contributed by atoms with Gasteiger partial charge < -0.3 is 10.6 Å². The monoisotopic (exact) mass is 306 g/mol. The number of carbonyl (C=O) groups excluding carboxylic acids is 1. The molecule has 110 valence electrons. The molecule has 0 unspecified atom stereocenters. The van der Waals surface area contributed by atoms with E-state index in [0.717, 1.165) is 0 Å². The van der Waals surface area contributed by atoms with E-state index in [0.29, 0.717) is 18.0 Å². The Bertz CT molecular complexity index is 561. The molecule has 0 aliphatic rings. The van der Waals surface area contributed by atoms with Gasteiger partial charge in [0.15, 0.2) is 0 Å². The van der Waals surface area contributed by atoms with Crippen LogP contribution in [0.25, 0.3) is 0 Å². The van der Waals surface area contributed by atoms with Gasteiger partial charge in [-0.25, -0.2) is 4.39 Å². The molecular formula is C14H15FN4OS. The van der Waals surface area contributed by atoms with E-state index in [1.165, 1.54) is 28.8 Å². The van der Waals surface area contributed by atoms with E-state index >= 15 is 0 Å². The maximum absolute atomic E-state index is 13.3. The fourth-order valence-corrected chi connectivity index (χ4v) is 2.39. The van der Waals surface area contributed by atoms with E-state index in [1.807, 2.05) is 12.1 Å². The molecule has 1 amide bonds. The largest absolute Gasteiger partial charge is 0.396 e. The molecule has 0 heterocycles. The quantitative estimate of drug-likeness (QED) is 0.615. The molecule has 0 spiro atoms. The maximum atomic E-state index is 13.3. The number of halogens is 1. The average Bonchev–Trinajstić information content (AvgIpc) is 2.48. The van der Waals surface area contributed by atoms with Crippen molar-refractivity contribution in [2.24, 2.45) is 0 Å². The van der Waals surface area contributed by atoms with E-state index < -0.39 is 5.82 Å². The molecule has 1 rings (SSSR count). The topological polar surface area (TPSA) is 93.9 Å². The van der Waals surface area contributed by atoms with Crippen LogP contribution in [0.5, 0.6) is 0 Å². The molecule has 0 fully saturated rings. The number of hydrogen-bond acceptors (Lipinski definition) is 5. The van der Waals surface area contributed by atoms with Crippen LogP contribution in [0, 0.1) is 28.5 Å². The molecule has 0 saturated heterocycles. The highest BCUT2D eigenvalue weighted by atomic mass is 32.2. The first-order valence-electron chi connectivity index (χ1n) is 6.28. The molecule has 21 heavy (non-hydrogen) atoms. The van der Waals surface area contributed by atoms with Gasteiger partial charge in [-0.15, -0.1) is 11.8 Å². The fourth-order valence-electron chi connectivity index (χ4n) is 1.57. The van der Waals surface area contributed by atoms with Gasteiger partial charge in [0, 0.05) is 18.0 Å². The first-order valence-corrected chi connectivity index (χ1v) is 7.26. The van der Waals surface area contributed by atoms with Crippen molar-refractivity contribution in [2.45, 2.75) is 17.7 Å². The molecule has 7 heteroatoms. The van der Waals surface area contributed by atoms with Crippen molar-refractivity contribution in [1.82, 2.24) is 4.90 Å². The highest BCUT2D eigenvalue weighted by molar-refractivity contribution is 8.00. The van der Waals surface area contributed by atoms with Gasteiger partial charge >= 0.3 is 0 Å². The number of nitrogens with two attached hydrogens (primary N) is 1. The number of rotatable bonds is 7. The SMILES string of the molecule is N#CCCN(CCC#N)C(=O)CSc1ccc(N)c(F)c1. The lowest BCUT2D eigenvalue weighted by molar-refractivity contribution is -0.128. The summed E-state index contributed by atoms with van der Waals surface area (Å²) in [5.41, 5.74) is 5.45. The number of hydrogen-bond donors (Lipinski definition) is 1. The van der Waals surface area contributed by atoms with Gasteiger partial charge in [-0.05, 0) is 18.2 Å². The van der Waals surface area contributed by atoms with Gasteiger partial charge in [0.25, 0.3) is 0 Å². The van der Waals surface area contributed by atoms with Crippen LogP contribution in [-0.2, 0) is 4.79 Å². The lowest BCUT2D eigenvalue weighted by Gasteiger charge is -2.20. The minimum absolute atomic E-state index is 0.0651. The Balaban J connectivity index is 2.57. The molecule has 0 radical (unpaired) electrons. The standard InChI is InChI=1S/C14H15FN4OS/c15-12-9-11(3-4-13(12)18)21-10-14(20)19(7-1-5-16)8-2-6-17/h3-4,9H,1-2,7-8,10,18H2. The molecular weight excluding hydrogens is 291 g/mol. The first-order chi connectivity index (χ1) is 10.1. The number of nitrogen functional groups attached to an aromatic ring is 1. The van der Waals surface area contributed by atoms with Gasteiger partial charge in [0.1, 0.15) is 5.82 Å². The summed E-state index contributed by atoms with van der Waals surface area (Å²) >= 11 is 1.19. The molecule has 0 aliphatic heterocycles. The summed E-state index contributed by atoms with van der Waals surface area (Å²) in [6, 6.07) is 8.31. The number of nitriles is 2. The molecule has 1 aromatic rings. The first kappa shape index (κ1) is 16.8. The van der Waals surface area contributed by atoms with E-state index in [2.05, 4.69) is 0 Å². The van der Waals surface area contributed by atoms with Gasteiger partial charge in [-0.2, -0.15) is 10.5 Å². The zero-order valence-corrected chi connectivity index (χ0v) is 12.2. The number of carbonyl (C=O) groups is 1. The average molecular weight is 306 g/mol. The van der Waals surface area contributed by atoms with Crippen LogP contribution in [0.3, 0.4) is 0 Å². The molecule has 0 saturated carbocycles. The minimum Gasteiger partial charge on any atom is -0.396 e. The predicted molar refractivity (Wildman–Crippen MR) is 78.6 cm³/mol. The fraction of sp³-hybridized carbons (Fsp3) is 0.357. The van der Waals surface area contributed by atoms with Crippen molar-refractivity contribution in [3.63, 3.8) is 0 Å². The van der Waals surface area contributed by atoms with E-state index in [9.17, 15) is 9.18 Å². The zero-order chi connectivity index (χ0) is 15.7. The molecule has 5 nitrogen and oxygen atoms in total. The normalized spacial score (nSPS) is 9.67. The van der Waals surface area contributed by atoms with Crippen LogP contribution in [0.2, 0.25) is 0 Å². The van der Waals surface area contributed by atoms with Crippen molar-refractivity contribution >= 4 is 23.4 Å². The summed E-state index contributed by atoms with van der Waals surface area (Å²) in [6.45, 7) is 0.599. The van der Waals surface area contributed by atoms with Crippen LogP contribution in [0.1, 0.15) is 12.8 Å². The third-order valence-corrected chi connectivity index (χ3v) is 3.65. The smallest absolute Gasteiger partial charge is 0.232 e. The summed E-state index contributed by atoms with van der Waals surface area (Å²) in [4.78, 5) is 14.1. The van der Waals surface area contributed by atoms with E-state index in [4.69, 9.17) is 16.3 Å². The highest BCUT2D eigenvalue weighted by Gasteiger charge is 2.13. The van der Waals surface area contributed by atoms with Gasteiger partial charge in [-0.3, -0.25) is 4.79 Å². The number of thioether (sulfide) groups is 1. The number of benzene rings is 1. The summed E-state index contributed by atoms with van der Waals surface area (Å²) in [7, 11) is 0. The van der Waals surface area contributed by atoms with Crippen LogP contribution >= 0.6 is 11.8 Å². The summed E-state index contributed by atoms with van der Waals surface area (Å²) in [5.74, 6) is -0.568. The maximum Gasteiger partial charge on any atom is 0.232 e. The van der Waals surface area contributed by atoms with Crippen molar-refractivity contribution in [3.8, 4) is 12.1 Å². The van der Waals surface area contributed by atoms with Crippen LogP contribution in [0.15, 0.2) is 23.1 Å². The minimum atomic E-state index is -0.515. The van der Waals surface area contributed by atoms with Crippen molar-refractivity contribution in [1.29, 1.82) is 10.5 Å². The Hall–Kier alpha value is -2.25. The third-order valence-electron chi connectivity index (χ3n) is 2.67. The number of nitrogens with zero attached hydrogens (tertiary/aromatic N) is 3. The summed E-state index contributed by atoms with van der Waals surface area (Å²) < 4.78 is 13.3. The zero-order valence-electron chi connectivity index (χ0n) is 11.4. The summed E-state index contributed by atoms with van der Waals surface area (Å²) in [6.07, 6.45) is 0.441. The number of amides is 1. The Morgan fingerprint density at radius 3 is 2.43 bits per heavy atom. The van der Waals surface area contributed by atoms with Crippen LogP contribution in [-0.4, -0.2) is 29.6 Å². The van der Waals surface area contributed by atoms with Crippen molar-refractivity contribution < 1.29 is 9.18 Å². The second-order valence-corrected chi connectivity index (χ2v) is 5.22. The third kappa shape index (κ3) is 5.72. The lowest BCUT2D eigenvalue weighted by atomic mass is 10.3. The lowest BCUT2D eigenvalue weighted by Crippen LogP contribution is -2.34. The molecule has 0 aliphatic carbocycles. The molecule has 0 atom stereocenters. The van der Waals surface area contributed by atoms with Crippen molar-refractivity contribution in [3.05, 3.63) is 24.0 Å². The second kappa shape index (κ2) is 8.83. The van der Waals surface area contributed by atoms with Crippen molar-refractivity contribution in [2.75, 3.05) is 24.6 Å². The predicted octanol–water partition coefficient (Wildman–Crippen LogP) is 2.16. The highest BCUT2D eigenvalue weighted by Crippen LogP contribution is 2.22. The summed E-state index contributed by atoms with van der Waals surface area (Å²) in [5, 5.41) is 17.2. The molecule has 1 aromatic carbocycles. The second-order valence-electron chi connectivity index (χ2n) is 4.17. The molecule has 0 bridgehead atoms. The van der Waals surface area contributed by atoms with E-state index in [1.54, 1.807) is 6.07 Å². The van der Waals surface area contributed by atoms with E-state index in [-0.39, 0.29) is 30.2 Å². The van der Waals surface area contributed by atoms with Gasteiger partial charge in [0.2, 0.25) is 5.91 Å². The van der Waals surface area contributed by atoms with Gasteiger partial charge in [0.05, 0.1) is 36.4 Å². The molecule has 2 N–H and O–H groups in total. The Morgan fingerprint density at radius 2 is 1.90 bits per heavy atom. The Labute approximate surface area is 127 Å². The number of anilines is 1. The Kier molecular flexibility index (Phi) is 7.06. The molecule has 0 aromatic heterocycles. The van der Waals surface area contributed by atoms with Crippen LogP contribution < -0.4 is 5.73 Å². The van der Waals surface area contributed by atoms with Crippen LogP contribution in [0.4, 0.5) is 10.1 Å².